The molecule has 1 aliphatic rings. The second-order valence-electron chi connectivity index (χ2n) is 4.64. The van der Waals surface area contributed by atoms with E-state index < -0.39 is 0 Å². The number of benzene rings is 1. The highest BCUT2D eigenvalue weighted by atomic mass is 35.5. The maximum absolute atomic E-state index is 12.3. The summed E-state index contributed by atoms with van der Waals surface area (Å²) in [4.78, 5) is 16.2. The second-order valence-corrected chi connectivity index (χ2v) is 5.08. The molecule has 1 amide bonds. The normalized spacial score (nSPS) is 17.8. The maximum atomic E-state index is 12.3. The van der Waals surface area contributed by atoms with Crippen LogP contribution in [-0.2, 0) is 0 Å². The fraction of sp³-hybridized carbons (Fsp3) is 0.429. The van der Waals surface area contributed by atoms with Crippen LogP contribution in [0.2, 0.25) is 5.02 Å². The van der Waals surface area contributed by atoms with E-state index in [0.29, 0.717) is 23.7 Å². The molecule has 1 aromatic carbocycles. The molecular weight excluding hydrogens is 262 g/mol. The molecular formula is C14H16ClN3O. The van der Waals surface area contributed by atoms with Crippen molar-refractivity contribution in [1.82, 2.24) is 9.80 Å². The van der Waals surface area contributed by atoms with Crippen molar-refractivity contribution >= 4 is 17.5 Å². The number of carbonyl (C=O) groups excluding carboxylic acids is 1. The Morgan fingerprint density at radius 1 is 1.37 bits per heavy atom. The smallest absolute Gasteiger partial charge is 0.253 e. The van der Waals surface area contributed by atoms with E-state index in [1.54, 1.807) is 24.3 Å². The molecule has 1 aliphatic heterocycles. The summed E-state index contributed by atoms with van der Waals surface area (Å²) < 4.78 is 0. The first-order chi connectivity index (χ1) is 9.11. The van der Waals surface area contributed by atoms with E-state index in [1.807, 2.05) is 11.8 Å². The first kappa shape index (κ1) is 13.9. The van der Waals surface area contributed by atoms with Crippen molar-refractivity contribution < 1.29 is 4.79 Å². The minimum atomic E-state index is -0.0941. The van der Waals surface area contributed by atoms with Gasteiger partial charge < -0.3 is 4.90 Å². The SMILES string of the molecule is CC(C#N)N1CCN(C(=O)c2cccc(Cl)c2)CC1. The lowest BCUT2D eigenvalue weighted by Crippen LogP contribution is -2.51. The third kappa shape index (κ3) is 3.25. The third-order valence-electron chi connectivity index (χ3n) is 3.41. The molecule has 1 fully saturated rings. The van der Waals surface area contributed by atoms with Crippen LogP contribution < -0.4 is 0 Å². The quantitative estimate of drug-likeness (QED) is 0.831. The van der Waals surface area contributed by atoms with Crippen LogP contribution in [0.1, 0.15) is 17.3 Å². The Balaban J connectivity index is 1.98. The molecule has 5 heteroatoms. The van der Waals surface area contributed by atoms with E-state index in [1.165, 1.54) is 0 Å². The van der Waals surface area contributed by atoms with Gasteiger partial charge in [-0.25, -0.2) is 0 Å². The van der Waals surface area contributed by atoms with Crippen LogP contribution >= 0.6 is 11.6 Å². The zero-order chi connectivity index (χ0) is 13.8. The summed E-state index contributed by atoms with van der Waals surface area (Å²) >= 11 is 5.90. The summed E-state index contributed by atoms with van der Waals surface area (Å²) in [5.74, 6) is 0.00626. The second kappa shape index (κ2) is 6.05. The van der Waals surface area contributed by atoms with Gasteiger partial charge in [-0.2, -0.15) is 5.26 Å². The number of carbonyl (C=O) groups is 1. The van der Waals surface area contributed by atoms with Gasteiger partial charge in [0, 0.05) is 36.8 Å². The summed E-state index contributed by atoms with van der Waals surface area (Å²) in [6.07, 6.45) is 0. The van der Waals surface area contributed by atoms with E-state index in [0.717, 1.165) is 13.1 Å². The van der Waals surface area contributed by atoms with Crippen LogP contribution in [0.4, 0.5) is 0 Å². The molecule has 1 saturated heterocycles. The highest BCUT2D eigenvalue weighted by molar-refractivity contribution is 6.30. The molecule has 19 heavy (non-hydrogen) atoms. The van der Waals surface area contributed by atoms with Gasteiger partial charge in [-0.15, -0.1) is 0 Å². The summed E-state index contributed by atoms with van der Waals surface area (Å²) in [6, 6.07) is 9.13. The molecule has 0 bridgehead atoms. The van der Waals surface area contributed by atoms with Crippen LogP contribution in [0.15, 0.2) is 24.3 Å². The Hall–Kier alpha value is -1.57. The van der Waals surface area contributed by atoms with Gasteiger partial charge in [0.2, 0.25) is 0 Å². The Labute approximate surface area is 118 Å². The number of rotatable bonds is 2. The Morgan fingerprint density at radius 3 is 2.63 bits per heavy atom. The van der Waals surface area contributed by atoms with E-state index in [2.05, 4.69) is 11.0 Å². The molecule has 0 N–H and O–H groups in total. The van der Waals surface area contributed by atoms with Crippen LogP contribution in [0.3, 0.4) is 0 Å². The maximum Gasteiger partial charge on any atom is 0.253 e. The molecule has 4 nitrogen and oxygen atoms in total. The number of nitriles is 1. The number of halogens is 1. The molecule has 1 heterocycles. The van der Waals surface area contributed by atoms with Crippen molar-refractivity contribution in [3.05, 3.63) is 34.9 Å². The number of piperazine rings is 1. The summed E-state index contributed by atoms with van der Waals surface area (Å²) in [7, 11) is 0. The summed E-state index contributed by atoms with van der Waals surface area (Å²) in [5, 5.41) is 9.46. The predicted octanol–water partition coefficient (Wildman–Crippen LogP) is 2.01. The first-order valence-corrected chi connectivity index (χ1v) is 6.68. The highest BCUT2D eigenvalue weighted by Crippen LogP contribution is 2.14. The van der Waals surface area contributed by atoms with Crippen molar-refractivity contribution in [1.29, 1.82) is 5.26 Å². The predicted molar refractivity (Wildman–Crippen MR) is 74.0 cm³/mol. The van der Waals surface area contributed by atoms with Crippen molar-refractivity contribution in [3.63, 3.8) is 0 Å². The van der Waals surface area contributed by atoms with Gasteiger partial charge in [-0.3, -0.25) is 9.69 Å². The lowest BCUT2D eigenvalue weighted by Gasteiger charge is -2.35. The molecule has 100 valence electrons. The number of amides is 1. The van der Waals surface area contributed by atoms with E-state index >= 15 is 0 Å². The molecule has 1 aromatic rings. The topological polar surface area (TPSA) is 47.3 Å². The molecule has 1 unspecified atom stereocenters. The van der Waals surface area contributed by atoms with Crippen molar-refractivity contribution in [2.24, 2.45) is 0 Å². The Kier molecular flexibility index (Phi) is 4.41. The van der Waals surface area contributed by atoms with Gasteiger partial charge in [-0.1, -0.05) is 17.7 Å². The lowest BCUT2D eigenvalue weighted by molar-refractivity contribution is 0.0615. The zero-order valence-corrected chi connectivity index (χ0v) is 11.6. The summed E-state index contributed by atoms with van der Waals surface area (Å²) in [6.45, 7) is 4.66. The Morgan fingerprint density at radius 2 is 2.05 bits per heavy atom. The van der Waals surface area contributed by atoms with E-state index in [4.69, 9.17) is 16.9 Å². The van der Waals surface area contributed by atoms with Crippen LogP contribution in [0, 0.1) is 11.3 Å². The van der Waals surface area contributed by atoms with Gasteiger partial charge in [-0.05, 0) is 25.1 Å². The van der Waals surface area contributed by atoms with Crippen molar-refractivity contribution in [2.45, 2.75) is 13.0 Å². The van der Waals surface area contributed by atoms with Gasteiger partial charge in [0.1, 0.15) is 0 Å². The average molecular weight is 278 g/mol. The number of nitrogens with zero attached hydrogens (tertiary/aromatic N) is 3. The average Bonchev–Trinajstić information content (AvgIpc) is 2.46. The fourth-order valence-electron chi connectivity index (χ4n) is 2.20. The molecule has 1 atom stereocenters. The van der Waals surface area contributed by atoms with Gasteiger partial charge in [0.25, 0.3) is 5.91 Å². The Bertz CT molecular complexity index is 504. The minimum Gasteiger partial charge on any atom is -0.336 e. The highest BCUT2D eigenvalue weighted by Gasteiger charge is 2.24. The van der Waals surface area contributed by atoms with E-state index in [9.17, 15) is 4.79 Å². The number of hydrogen-bond acceptors (Lipinski definition) is 3. The molecule has 0 saturated carbocycles. The lowest BCUT2D eigenvalue weighted by atomic mass is 10.1. The van der Waals surface area contributed by atoms with Crippen molar-refractivity contribution in [3.8, 4) is 6.07 Å². The van der Waals surface area contributed by atoms with Crippen molar-refractivity contribution in [2.75, 3.05) is 26.2 Å². The van der Waals surface area contributed by atoms with Crippen LogP contribution in [0.25, 0.3) is 0 Å². The first-order valence-electron chi connectivity index (χ1n) is 6.30. The zero-order valence-electron chi connectivity index (χ0n) is 10.8. The van der Waals surface area contributed by atoms with Crippen LogP contribution in [0.5, 0.6) is 0 Å². The fourth-order valence-corrected chi connectivity index (χ4v) is 2.39. The van der Waals surface area contributed by atoms with Gasteiger partial charge in [0.05, 0.1) is 12.1 Å². The summed E-state index contributed by atoms with van der Waals surface area (Å²) in [5.41, 5.74) is 0.620. The minimum absolute atomic E-state index is 0.00626. The number of hydrogen-bond donors (Lipinski definition) is 0. The molecule has 0 aromatic heterocycles. The third-order valence-corrected chi connectivity index (χ3v) is 3.64. The standard InChI is InChI=1S/C14H16ClN3O/c1-11(10-16)17-5-7-18(8-6-17)14(19)12-3-2-4-13(15)9-12/h2-4,9,11H,5-8H2,1H3. The van der Waals surface area contributed by atoms with Gasteiger partial charge >= 0.3 is 0 Å². The molecule has 0 radical (unpaired) electrons. The van der Waals surface area contributed by atoms with Gasteiger partial charge in [0.15, 0.2) is 0 Å². The molecule has 0 spiro atoms. The molecule has 2 rings (SSSR count). The largest absolute Gasteiger partial charge is 0.336 e. The molecule has 0 aliphatic carbocycles. The monoisotopic (exact) mass is 277 g/mol. The van der Waals surface area contributed by atoms with E-state index in [-0.39, 0.29) is 11.9 Å². The van der Waals surface area contributed by atoms with Crippen LogP contribution in [-0.4, -0.2) is 47.9 Å².